The molecule has 1 aliphatic heterocycles. The van der Waals surface area contributed by atoms with Gasteiger partial charge in [-0.1, -0.05) is 0 Å². The van der Waals surface area contributed by atoms with Gasteiger partial charge in [-0.3, -0.25) is 4.90 Å². The van der Waals surface area contributed by atoms with Crippen LogP contribution < -0.4 is 4.74 Å². The topological polar surface area (TPSA) is 12.5 Å². The van der Waals surface area contributed by atoms with E-state index in [-0.39, 0.29) is 11.4 Å². The summed E-state index contributed by atoms with van der Waals surface area (Å²) < 4.78 is 20.4. The van der Waals surface area contributed by atoms with Crippen molar-refractivity contribution in [3.63, 3.8) is 0 Å². The summed E-state index contributed by atoms with van der Waals surface area (Å²) in [5, 5.41) is 0. The van der Waals surface area contributed by atoms with Crippen molar-refractivity contribution in [1.82, 2.24) is 4.90 Å². The Kier molecular flexibility index (Phi) is 4.95. The molecule has 0 spiro atoms. The number of ether oxygens (including phenoxy) is 1. The first-order valence-corrected chi connectivity index (χ1v) is 8.19. The van der Waals surface area contributed by atoms with E-state index < -0.39 is 0 Å². The third-order valence-corrected chi connectivity index (χ3v) is 5.00. The van der Waals surface area contributed by atoms with Crippen LogP contribution in [-0.2, 0) is 0 Å². The number of piperidine rings is 1. The number of halogens is 2. The molecule has 2 rings (SSSR count). The van der Waals surface area contributed by atoms with E-state index in [4.69, 9.17) is 4.74 Å². The van der Waals surface area contributed by atoms with Gasteiger partial charge in [0.25, 0.3) is 0 Å². The Balaban J connectivity index is 2.13. The van der Waals surface area contributed by atoms with E-state index in [1.807, 2.05) is 6.07 Å². The molecule has 4 heteroatoms. The van der Waals surface area contributed by atoms with Gasteiger partial charge in [0.05, 0.1) is 10.7 Å². The van der Waals surface area contributed by atoms with Crippen LogP contribution in [0.4, 0.5) is 4.39 Å². The number of nitrogens with zero attached hydrogens (tertiary/aromatic N) is 1. The molecule has 0 aliphatic carbocycles. The molecule has 1 aromatic rings. The number of rotatable bonds is 2. The molecule has 1 aliphatic rings. The van der Waals surface area contributed by atoms with Crippen molar-refractivity contribution in [3.8, 4) is 5.75 Å². The lowest BCUT2D eigenvalue weighted by Gasteiger charge is -2.41. The van der Waals surface area contributed by atoms with Crippen LogP contribution in [0.1, 0.15) is 45.1 Å². The van der Waals surface area contributed by atoms with E-state index in [0.717, 1.165) is 35.1 Å². The second-order valence-corrected chi connectivity index (χ2v) is 7.60. The number of hydrogen-bond donors (Lipinski definition) is 0. The Morgan fingerprint density at radius 1 is 1.25 bits per heavy atom. The third-order valence-electron chi connectivity index (χ3n) is 4.15. The maximum Gasteiger partial charge on any atom is 0.135 e. The van der Waals surface area contributed by atoms with Crippen LogP contribution in [0.5, 0.6) is 5.75 Å². The lowest BCUT2D eigenvalue weighted by atomic mass is 9.87. The summed E-state index contributed by atoms with van der Waals surface area (Å²) in [5.74, 6) is 0.823. The first-order chi connectivity index (χ1) is 9.32. The summed E-state index contributed by atoms with van der Waals surface area (Å²) in [7, 11) is 1.58. The normalized spacial score (nSPS) is 18.3. The third kappa shape index (κ3) is 3.45. The fourth-order valence-electron chi connectivity index (χ4n) is 2.87. The summed E-state index contributed by atoms with van der Waals surface area (Å²) in [4.78, 5) is 2.48. The second-order valence-electron chi connectivity index (χ2n) is 6.44. The molecule has 0 unspecified atom stereocenters. The van der Waals surface area contributed by atoms with Gasteiger partial charge in [0.1, 0.15) is 11.6 Å². The van der Waals surface area contributed by atoms with Gasteiger partial charge in [-0.05, 0) is 86.8 Å². The highest BCUT2D eigenvalue weighted by molar-refractivity contribution is 14.1. The molecule has 1 heterocycles. The Hall–Kier alpha value is -0.360. The predicted molar refractivity (Wildman–Crippen MR) is 89.0 cm³/mol. The lowest BCUT2D eigenvalue weighted by molar-refractivity contribution is 0.102. The average Bonchev–Trinajstić information content (AvgIpc) is 2.40. The molecular formula is C16H23FINO. The van der Waals surface area contributed by atoms with E-state index >= 15 is 0 Å². The minimum Gasteiger partial charge on any atom is -0.496 e. The van der Waals surface area contributed by atoms with Crippen molar-refractivity contribution in [2.45, 2.75) is 45.1 Å². The van der Waals surface area contributed by atoms with E-state index in [9.17, 15) is 4.39 Å². The smallest absolute Gasteiger partial charge is 0.135 e. The minimum absolute atomic E-state index is 0.128. The number of benzene rings is 1. The standard InChI is InChI=1S/C16H23FINO/c1-16(2,3)19-7-5-11(6-8-19)12-9-14(18)15(20-4)10-13(12)17/h9-11H,5-8H2,1-4H3. The van der Waals surface area contributed by atoms with Crippen molar-refractivity contribution >= 4 is 22.6 Å². The highest BCUT2D eigenvalue weighted by atomic mass is 127. The molecule has 1 aromatic carbocycles. The van der Waals surface area contributed by atoms with Crippen LogP contribution >= 0.6 is 22.6 Å². The Morgan fingerprint density at radius 3 is 2.35 bits per heavy atom. The molecule has 0 N–H and O–H groups in total. The fraction of sp³-hybridized carbons (Fsp3) is 0.625. The zero-order valence-corrected chi connectivity index (χ0v) is 14.8. The summed E-state index contributed by atoms with van der Waals surface area (Å²) >= 11 is 2.21. The van der Waals surface area contributed by atoms with Crippen LogP contribution in [0.3, 0.4) is 0 Å². The molecule has 0 aromatic heterocycles. The molecule has 2 nitrogen and oxygen atoms in total. The molecule has 20 heavy (non-hydrogen) atoms. The van der Waals surface area contributed by atoms with Crippen molar-refractivity contribution in [2.75, 3.05) is 20.2 Å². The highest BCUT2D eigenvalue weighted by Crippen LogP contribution is 2.35. The maximum atomic E-state index is 14.2. The van der Waals surface area contributed by atoms with E-state index in [0.29, 0.717) is 11.7 Å². The molecule has 112 valence electrons. The van der Waals surface area contributed by atoms with Gasteiger partial charge in [0.2, 0.25) is 0 Å². The monoisotopic (exact) mass is 391 g/mol. The Bertz CT molecular complexity index is 476. The van der Waals surface area contributed by atoms with Crippen LogP contribution in [0.15, 0.2) is 12.1 Å². The average molecular weight is 391 g/mol. The van der Waals surface area contributed by atoms with Crippen LogP contribution in [0.25, 0.3) is 0 Å². The largest absolute Gasteiger partial charge is 0.496 e. The molecule has 0 atom stereocenters. The van der Waals surface area contributed by atoms with E-state index in [2.05, 4.69) is 48.3 Å². The number of hydrogen-bond acceptors (Lipinski definition) is 2. The van der Waals surface area contributed by atoms with Crippen molar-refractivity contribution in [2.24, 2.45) is 0 Å². The van der Waals surface area contributed by atoms with Crippen LogP contribution in [0.2, 0.25) is 0 Å². The fourth-order valence-corrected chi connectivity index (χ4v) is 3.59. The molecule has 0 amide bonds. The maximum absolute atomic E-state index is 14.2. The molecule has 0 bridgehead atoms. The zero-order chi connectivity index (χ0) is 14.9. The van der Waals surface area contributed by atoms with Crippen molar-refractivity contribution in [1.29, 1.82) is 0 Å². The molecule has 1 saturated heterocycles. The number of methoxy groups -OCH3 is 1. The first kappa shape index (κ1) is 16.0. The quantitative estimate of drug-likeness (QED) is 0.693. The van der Waals surface area contributed by atoms with Gasteiger partial charge in [-0.2, -0.15) is 0 Å². The minimum atomic E-state index is -0.128. The van der Waals surface area contributed by atoms with Crippen LogP contribution in [-0.4, -0.2) is 30.6 Å². The van der Waals surface area contributed by atoms with Gasteiger partial charge in [0.15, 0.2) is 0 Å². The lowest BCUT2D eigenvalue weighted by Crippen LogP contribution is -2.45. The molecule has 0 radical (unpaired) electrons. The van der Waals surface area contributed by atoms with Gasteiger partial charge in [-0.15, -0.1) is 0 Å². The summed E-state index contributed by atoms with van der Waals surface area (Å²) in [6.07, 6.45) is 2.05. The zero-order valence-electron chi connectivity index (χ0n) is 12.7. The summed E-state index contributed by atoms with van der Waals surface area (Å²) in [6.45, 7) is 8.80. The van der Waals surface area contributed by atoms with Crippen molar-refractivity contribution in [3.05, 3.63) is 27.1 Å². The summed E-state index contributed by atoms with van der Waals surface area (Å²) in [5.41, 5.74) is 1.06. The SMILES string of the molecule is COc1cc(F)c(C2CCN(C(C)(C)C)CC2)cc1I. The van der Waals surface area contributed by atoms with Crippen molar-refractivity contribution < 1.29 is 9.13 Å². The molecular weight excluding hydrogens is 368 g/mol. The molecule has 1 fully saturated rings. The van der Waals surface area contributed by atoms with E-state index in [1.165, 1.54) is 6.07 Å². The second kappa shape index (κ2) is 6.18. The highest BCUT2D eigenvalue weighted by Gasteiger charge is 2.29. The van der Waals surface area contributed by atoms with E-state index in [1.54, 1.807) is 7.11 Å². The summed E-state index contributed by atoms with van der Waals surface area (Å²) in [6, 6.07) is 3.47. The van der Waals surface area contributed by atoms with Gasteiger partial charge in [0, 0.05) is 11.6 Å². The number of likely N-dealkylation sites (tertiary alicyclic amines) is 1. The van der Waals surface area contributed by atoms with Gasteiger partial charge < -0.3 is 4.74 Å². The van der Waals surface area contributed by atoms with Crippen LogP contribution in [0, 0.1) is 9.39 Å². The Labute approximate surface area is 134 Å². The van der Waals surface area contributed by atoms with Gasteiger partial charge >= 0.3 is 0 Å². The van der Waals surface area contributed by atoms with Gasteiger partial charge in [-0.25, -0.2) is 4.39 Å². The predicted octanol–water partition coefficient (Wildman–Crippen LogP) is 4.42. The Morgan fingerprint density at radius 2 is 1.85 bits per heavy atom. The first-order valence-electron chi connectivity index (χ1n) is 7.11. The molecule has 0 saturated carbocycles.